The van der Waals surface area contributed by atoms with E-state index in [4.69, 9.17) is 4.74 Å². The number of imidazole rings is 1. The molecule has 0 radical (unpaired) electrons. The Morgan fingerprint density at radius 2 is 2.00 bits per heavy atom. The SMILES string of the molecule is COc1cc(C(=O)N[C@@H]2CCCN(Cc3ccc(C)cc3)C2)ccc1-n1cnc(C)c1. The summed E-state index contributed by atoms with van der Waals surface area (Å²) in [5, 5.41) is 3.22. The smallest absolute Gasteiger partial charge is 0.251 e. The molecule has 2 heterocycles. The number of carbonyl (C=O) groups is 1. The van der Waals surface area contributed by atoms with Crippen molar-refractivity contribution in [3.05, 3.63) is 77.4 Å². The predicted molar refractivity (Wildman–Crippen MR) is 122 cm³/mol. The number of nitrogens with one attached hydrogen (secondary N) is 1. The molecule has 1 N–H and O–H groups in total. The van der Waals surface area contributed by atoms with Crippen LogP contribution in [0.2, 0.25) is 0 Å². The quantitative estimate of drug-likeness (QED) is 0.660. The van der Waals surface area contributed by atoms with E-state index in [2.05, 4.69) is 46.4 Å². The van der Waals surface area contributed by atoms with Crippen molar-refractivity contribution < 1.29 is 9.53 Å². The molecule has 1 atom stereocenters. The third-order valence-corrected chi connectivity index (χ3v) is 5.80. The first-order chi connectivity index (χ1) is 15.0. The second-order valence-electron chi connectivity index (χ2n) is 8.34. The van der Waals surface area contributed by atoms with Gasteiger partial charge in [-0.25, -0.2) is 4.98 Å². The molecule has 6 nitrogen and oxygen atoms in total. The molecule has 0 saturated carbocycles. The van der Waals surface area contributed by atoms with Gasteiger partial charge >= 0.3 is 0 Å². The second kappa shape index (κ2) is 9.35. The molecule has 1 fully saturated rings. The van der Waals surface area contributed by atoms with Crippen molar-refractivity contribution >= 4 is 5.91 Å². The molecule has 0 aliphatic carbocycles. The molecule has 1 amide bonds. The van der Waals surface area contributed by atoms with E-state index >= 15 is 0 Å². The lowest BCUT2D eigenvalue weighted by Gasteiger charge is -2.33. The molecule has 2 aromatic carbocycles. The average molecular weight is 419 g/mol. The van der Waals surface area contributed by atoms with Gasteiger partial charge in [-0.1, -0.05) is 29.8 Å². The molecule has 4 rings (SSSR count). The van der Waals surface area contributed by atoms with E-state index in [0.717, 1.165) is 43.9 Å². The number of nitrogens with zero attached hydrogens (tertiary/aromatic N) is 3. The molecule has 1 aliphatic heterocycles. The number of hydrogen-bond donors (Lipinski definition) is 1. The number of ether oxygens (including phenoxy) is 1. The van der Waals surface area contributed by atoms with Crippen LogP contribution in [0, 0.1) is 13.8 Å². The maximum absolute atomic E-state index is 12.9. The van der Waals surface area contributed by atoms with Gasteiger partial charge in [0.15, 0.2) is 0 Å². The van der Waals surface area contributed by atoms with Crippen LogP contribution in [0.4, 0.5) is 0 Å². The standard InChI is InChI=1S/C25H30N4O2/c1-18-6-8-20(9-7-18)15-28-12-4-5-22(16-28)27-25(30)21-10-11-23(24(13-21)31-3)29-14-19(2)26-17-29/h6-11,13-14,17,22H,4-5,12,15-16H2,1-3H3,(H,27,30)/t22-/m1/s1. The van der Waals surface area contributed by atoms with Gasteiger partial charge < -0.3 is 14.6 Å². The molecule has 1 aliphatic rings. The minimum atomic E-state index is -0.0613. The van der Waals surface area contributed by atoms with Crippen molar-refractivity contribution in [3.8, 4) is 11.4 Å². The van der Waals surface area contributed by atoms with Gasteiger partial charge in [-0.2, -0.15) is 0 Å². The minimum Gasteiger partial charge on any atom is -0.495 e. The molecule has 1 aromatic heterocycles. The molecule has 6 heteroatoms. The number of carbonyl (C=O) groups excluding carboxylic acids is 1. The summed E-state index contributed by atoms with van der Waals surface area (Å²) in [6.07, 6.45) is 5.76. The molecule has 162 valence electrons. The Balaban J connectivity index is 1.40. The summed E-state index contributed by atoms with van der Waals surface area (Å²) in [4.78, 5) is 19.6. The van der Waals surface area contributed by atoms with E-state index in [1.54, 1.807) is 19.5 Å². The first-order valence-electron chi connectivity index (χ1n) is 10.8. The number of hydrogen-bond acceptors (Lipinski definition) is 4. The molecule has 0 bridgehead atoms. The molecule has 31 heavy (non-hydrogen) atoms. The number of rotatable bonds is 6. The topological polar surface area (TPSA) is 59.4 Å². The molecule has 1 saturated heterocycles. The van der Waals surface area contributed by atoms with Gasteiger partial charge in [0.25, 0.3) is 5.91 Å². The summed E-state index contributed by atoms with van der Waals surface area (Å²) in [6, 6.07) is 14.4. The van der Waals surface area contributed by atoms with Gasteiger partial charge in [0.1, 0.15) is 5.75 Å². The van der Waals surface area contributed by atoms with Gasteiger partial charge in [-0.3, -0.25) is 9.69 Å². The summed E-state index contributed by atoms with van der Waals surface area (Å²) < 4.78 is 7.45. The Hall–Kier alpha value is -3.12. The summed E-state index contributed by atoms with van der Waals surface area (Å²) in [6.45, 7) is 6.89. The summed E-state index contributed by atoms with van der Waals surface area (Å²) >= 11 is 0. The fourth-order valence-corrected chi connectivity index (χ4v) is 4.12. The number of benzene rings is 2. The fourth-order valence-electron chi connectivity index (χ4n) is 4.12. The van der Waals surface area contributed by atoms with Crippen LogP contribution in [-0.2, 0) is 6.54 Å². The number of piperidine rings is 1. The van der Waals surface area contributed by atoms with Crippen LogP contribution >= 0.6 is 0 Å². The Morgan fingerprint density at radius 1 is 1.19 bits per heavy atom. The maximum atomic E-state index is 12.9. The van der Waals surface area contributed by atoms with Crippen molar-refractivity contribution in [3.63, 3.8) is 0 Å². The lowest BCUT2D eigenvalue weighted by atomic mass is 10.0. The Labute approximate surface area is 183 Å². The number of aromatic nitrogens is 2. The predicted octanol–water partition coefficient (Wildman–Crippen LogP) is 3.89. The van der Waals surface area contributed by atoms with Gasteiger partial charge in [-0.15, -0.1) is 0 Å². The zero-order valence-corrected chi connectivity index (χ0v) is 18.5. The highest BCUT2D eigenvalue weighted by Gasteiger charge is 2.22. The zero-order valence-electron chi connectivity index (χ0n) is 18.5. The van der Waals surface area contributed by atoms with Gasteiger partial charge in [-0.05, 0) is 57.0 Å². The minimum absolute atomic E-state index is 0.0613. The average Bonchev–Trinajstić information content (AvgIpc) is 3.21. The van der Waals surface area contributed by atoms with Crippen LogP contribution in [0.1, 0.15) is 40.0 Å². The van der Waals surface area contributed by atoms with Gasteiger partial charge in [0, 0.05) is 30.9 Å². The third-order valence-electron chi connectivity index (χ3n) is 5.80. The van der Waals surface area contributed by atoms with Gasteiger partial charge in [0.05, 0.1) is 24.8 Å². The molecule has 0 spiro atoms. The number of methoxy groups -OCH3 is 1. The van der Waals surface area contributed by atoms with Crippen molar-refractivity contribution in [2.45, 2.75) is 39.3 Å². The van der Waals surface area contributed by atoms with Crippen molar-refractivity contribution in [1.82, 2.24) is 19.8 Å². The molecular formula is C25H30N4O2. The number of likely N-dealkylation sites (tertiary alicyclic amines) is 1. The highest BCUT2D eigenvalue weighted by atomic mass is 16.5. The molecular weight excluding hydrogens is 388 g/mol. The first kappa shape index (κ1) is 21.1. The van der Waals surface area contributed by atoms with Crippen LogP contribution in [0.25, 0.3) is 5.69 Å². The Bertz CT molecular complexity index is 1040. The summed E-state index contributed by atoms with van der Waals surface area (Å²) in [5.41, 5.74) is 4.98. The van der Waals surface area contributed by atoms with E-state index in [1.807, 2.05) is 29.8 Å². The molecule has 0 unspecified atom stereocenters. The fraction of sp³-hybridized carbons (Fsp3) is 0.360. The lowest BCUT2D eigenvalue weighted by Crippen LogP contribution is -2.47. The Kier molecular flexibility index (Phi) is 6.37. The third kappa shape index (κ3) is 5.14. The van der Waals surface area contributed by atoms with E-state index in [-0.39, 0.29) is 11.9 Å². The number of aryl methyl sites for hydroxylation is 2. The normalized spacial score (nSPS) is 16.8. The highest BCUT2D eigenvalue weighted by Crippen LogP contribution is 2.25. The van der Waals surface area contributed by atoms with Crippen LogP contribution in [-0.4, -0.2) is 46.6 Å². The monoisotopic (exact) mass is 418 g/mol. The second-order valence-corrected chi connectivity index (χ2v) is 8.34. The van der Waals surface area contributed by atoms with Crippen LogP contribution in [0.15, 0.2) is 55.0 Å². The largest absolute Gasteiger partial charge is 0.495 e. The van der Waals surface area contributed by atoms with E-state index in [1.165, 1.54) is 11.1 Å². The van der Waals surface area contributed by atoms with Crippen LogP contribution in [0.3, 0.4) is 0 Å². The first-order valence-corrected chi connectivity index (χ1v) is 10.8. The van der Waals surface area contributed by atoms with Crippen LogP contribution < -0.4 is 10.1 Å². The maximum Gasteiger partial charge on any atom is 0.251 e. The molecule has 3 aromatic rings. The van der Waals surface area contributed by atoms with E-state index in [9.17, 15) is 4.79 Å². The van der Waals surface area contributed by atoms with Crippen molar-refractivity contribution in [2.24, 2.45) is 0 Å². The van der Waals surface area contributed by atoms with Crippen molar-refractivity contribution in [1.29, 1.82) is 0 Å². The zero-order chi connectivity index (χ0) is 21.8. The summed E-state index contributed by atoms with van der Waals surface area (Å²) in [7, 11) is 1.62. The number of amides is 1. The highest BCUT2D eigenvalue weighted by molar-refractivity contribution is 5.95. The van der Waals surface area contributed by atoms with Crippen molar-refractivity contribution in [2.75, 3.05) is 20.2 Å². The van der Waals surface area contributed by atoms with Gasteiger partial charge in [0.2, 0.25) is 0 Å². The van der Waals surface area contributed by atoms with E-state index in [0.29, 0.717) is 11.3 Å². The Morgan fingerprint density at radius 3 is 2.71 bits per heavy atom. The summed E-state index contributed by atoms with van der Waals surface area (Å²) in [5.74, 6) is 0.587. The lowest BCUT2D eigenvalue weighted by molar-refractivity contribution is 0.0900. The van der Waals surface area contributed by atoms with Crippen LogP contribution in [0.5, 0.6) is 5.75 Å². The van der Waals surface area contributed by atoms with E-state index < -0.39 is 0 Å².